The molecule has 2 rings (SSSR count). The Kier molecular flexibility index (Phi) is 8.94. The number of thioether (sulfide) groups is 1. The molecule has 0 spiro atoms. The van der Waals surface area contributed by atoms with Gasteiger partial charge < -0.3 is 10.4 Å². The van der Waals surface area contributed by atoms with Crippen LogP contribution in [0.3, 0.4) is 0 Å². The lowest BCUT2D eigenvalue weighted by atomic mass is 10.1. The second-order valence-corrected chi connectivity index (χ2v) is 5.87. The minimum absolute atomic E-state index is 0. The number of hydrogen-bond acceptors (Lipinski definition) is 4. The van der Waals surface area contributed by atoms with Gasteiger partial charge >= 0.3 is 5.51 Å². The molecule has 22 heavy (non-hydrogen) atoms. The third-order valence-electron chi connectivity index (χ3n) is 3.38. The van der Waals surface area contributed by atoms with Crippen molar-refractivity contribution in [3.63, 3.8) is 0 Å². The van der Waals surface area contributed by atoms with E-state index in [1.54, 1.807) is 0 Å². The van der Waals surface area contributed by atoms with E-state index in [1.807, 2.05) is 6.92 Å². The second-order valence-electron chi connectivity index (χ2n) is 4.73. The van der Waals surface area contributed by atoms with Crippen molar-refractivity contribution < 1.29 is 18.3 Å². The molecular formula is C13H19Cl2F3N2OS. The molecular weight excluding hydrogens is 360 g/mol. The van der Waals surface area contributed by atoms with Crippen LogP contribution in [0.2, 0.25) is 0 Å². The number of phenols is 1. The van der Waals surface area contributed by atoms with Gasteiger partial charge in [-0.3, -0.25) is 4.90 Å². The summed E-state index contributed by atoms with van der Waals surface area (Å²) in [5, 5.41) is 13.1. The number of nitrogens with one attached hydrogen (secondary N) is 1. The van der Waals surface area contributed by atoms with Gasteiger partial charge in [0, 0.05) is 42.7 Å². The summed E-state index contributed by atoms with van der Waals surface area (Å²) in [5.74, 6) is 0.0440. The molecule has 1 atom stereocenters. The molecule has 9 heteroatoms. The molecule has 2 N–H and O–H groups in total. The lowest BCUT2D eigenvalue weighted by Crippen LogP contribution is -2.44. The van der Waals surface area contributed by atoms with Crippen LogP contribution < -0.4 is 5.32 Å². The van der Waals surface area contributed by atoms with Crippen molar-refractivity contribution in [2.45, 2.75) is 23.4 Å². The molecule has 1 aromatic carbocycles. The first-order valence-corrected chi connectivity index (χ1v) is 7.22. The molecule has 0 unspecified atom stereocenters. The van der Waals surface area contributed by atoms with Crippen LogP contribution in [0.15, 0.2) is 23.1 Å². The fourth-order valence-electron chi connectivity index (χ4n) is 2.33. The van der Waals surface area contributed by atoms with Crippen molar-refractivity contribution in [1.82, 2.24) is 10.2 Å². The molecule has 1 heterocycles. The number of halogens is 5. The van der Waals surface area contributed by atoms with Crippen molar-refractivity contribution in [3.05, 3.63) is 23.8 Å². The summed E-state index contributed by atoms with van der Waals surface area (Å²) in [6, 6.07) is 3.95. The molecule has 1 saturated heterocycles. The Hall–Kier alpha value is -0.340. The number of nitrogens with zero attached hydrogens (tertiary/aromatic N) is 1. The monoisotopic (exact) mass is 378 g/mol. The van der Waals surface area contributed by atoms with Gasteiger partial charge in [0.1, 0.15) is 5.75 Å². The van der Waals surface area contributed by atoms with Crippen LogP contribution in [0.4, 0.5) is 13.2 Å². The fourth-order valence-corrected chi connectivity index (χ4v) is 2.92. The summed E-state index contributed by atoms with van der Waals surface area (Å²) in [6.45, 7) is 5.24. The van der Waals surface area contributed by atoms with Gasteiger partial charge in [0.25, 0.3) is 0 Å². The maximum atomic E-state index is 12.4. The van der Waals surface area contributed by atoms with E-state index in [9.17, 15) is 18.3 Å². The smallest absolute Gasteiger partial charge is 0.446 e. The predicted molar refractivity (Wildman–Crippen MR) is 87.4 cm³/mol. The van der Waals surface area contributed by atoms with E-state index in [1.165, 1.54) is 18.2 Å². The van der Waals surface area contributed by atoms with Crippen molar-refractivity contribution in [3.8, 4) is 5.75 Å². The highest BCUT2D eigenvalue weighted by molar-refractivity contribution is 8.00. The summed E-state index contributed by atoms with van der Waals surface area (Å²) in [4.78, 5) is 2.25. The molecule has 3 nitrogen and oxygen atoms in total. The summed E-state index contributed by atoms with van der Waals surface area (Å²) in [6.07, 6.45) is 0. The number of alkyl halides is 3. The number of rotatable bonds is 3. The molecule has 1 aromatic rings. The number of piperazine rings is 1. The van der Waals surface area contributed by atoms with Gasteiger partial charge in [-0.15, -0.1) is 24.8 Å². The zero-order valence-electron chi connectivity index (χ0n) is 11.9. The minimum Gasteiger partial charge on any atom is -0.508 e. The number of aromatic hydroxyl groups is 1. The van der Waals surface area contributed by atoms with Crippen molar-refractivity contribution in [2.24, 2.45) is 0 Å². The normalized spacial score (nSPS) is 17.3. The highest BCUT2D eigenvalue weighted by Crippen LogP contribution is 2.40. The molecule has 0 aromatic heterocycles. The van der Waals surface area contributed by atoms with Gasteiger partial charge in [-0.25, -0.2) is 0 Å². The van der Waals surface area contributed by atoms with Gasteiger partial charge in [0.05, 0.1) is 0 Å². The minimum atomic E-state index is -4.31. The van der Waals surface area contributed by atoms with E-state index in [0.29, 0.717) is 5.56 Å². The average Bonchev–Trinajstić information content (AvgIpc) is 2.40. The van der Waals surface area contributed by atoms with Crippen LogP contribution in [0.1, 0.15) is 18.5 Å². The van der Waals surface area contributed by atoms with E-state index in [-0.39, 0.29) is 53.3 Å². The van der Waals surface area contributed by atoms with Crippen molar-refractivity contribution >= 4 is 36.6 Å². The first-order chi connectivity index (χ1) is 9.37. The fraction of sp³-hybridized carbons (Fsp3) is 0.538. The molecule has 0 saturated carbocycles. The Bertz CT molecular complexity index is 471. The molecule has 0 amide bonds. The highest BCUT2D eigenvalue weighted by atomic mass is 35.5. The van der Waals surface area contributed by atoms with Gasteiger partial charge in [-0.1, -0.05) is 0 Å². The first-order valence-electron chi connectivity index (χ1n) is 6.40. The Balaban J connectivity index is 0.00000220. The van der Waals surface area contributed by atoms with Crippen LogP contribution in [0.5, 0.6) is 5.75 Å². The lowest BCUT2D eigenvalue weighted by Gasteiger charge is -2.33. The van der Waals surface area contributed by atoms with E-state index in [4.69, 9.17) is 0 Å². The molecule has 0 bridgehead atoms. The molecule has 1 fully saturated rings. The standard InChI is InChI=1S/C13H17F3N2OS.2ClH/c1-9(18-6-4-17-5-7-18)11-8-10(2-3-12(11)19)20-13(14,15)16;;/h2-3,8-9,17,19H,4-7H2,1H3;2*1H/t9-;;/m1../s1. The van der Waals surface area contributed by atoms with Crippen molar-refractivity contribution in [2.75, 3.05) is 26.2 Å². The van der Waals surface area contributed by atoms with E-state index >= 15 is 0 Å². The SMILES string of the molecule is C[C@H](c1cc(SC(F)(F)F)ccc1O)N1CCNCC1.Cl.Cl. The zero-order valence-corrected chi connectivity index (χ0v) is 14.3. The molecule has 0 radical (unpaired) electrons. The highest BCUT2D eigenvalue weighted by Gasteiger charge is 2.30. The third kappa shape index (κ3) is 6.04. The topological polar surface area (TPSA) is 35.5 Å². The maximum absolute atomic E-state index is 12.4. The number of phenolic OH excluding ortho intramolecular Hbond substituents is 1. The average molecular weight is 379 g/mol. The van der Waals surface area contributed by atoms with Crippen molar-refractivity contribution in [1.29, 1.82) is 0 Å². The number of benzene rings is 1. The van der Waals surface area contributed by atoms with E-state index in [2.05, 4.69) is 10.2 Å². The second kappa shape index (κ2) is 9.08. The molecule has 1 aliphatic rings. The summed E-state index contributed by atoms with van der Waals surface area (Å²) in [7, 11) is 0. The molecule has 0 aliphatic carbocycles. The molecule has 1 aliphatic heterocycles. The zero-order chi connectivity index (χ0) is 14.8. The number of hydrogen-bond donors (Lipinski definition) is 2. The van der Waals surface area contributed by atoms with Gasteiger partial charge in [0.2, 0.25) is 0 Å². The Morgan fingerprint density at radius 3 is 2.36 bits per heavy atom. The quantitative estimate of drug-likeness (QED) is 0.783. The summed E-state index contributed by atoms with van der Waals surface area (Å²) >= 11 is -0.154. The van der Waals surface area contributed by atoms with Crippen LogP contribution in [-0.4, -0.2) is 41.7 Å². The first kappa shape index (κ1) is 21.7. The summed E-state index contributed by atoms with van der Waals surface area (Å²) in [5.41, 5.74) is -3.77. The summed E-state index contributed by atoms with van der Waals surface area (Å²) < 4.78 is 37.2. The van der Waals surface area contributed by atoms with Gasteiger partial charge in [-0.2, -0.15) is 13.2 Å². The Labute approximate surface area is 144 Å². The van der Waals surface area contributed by atoms with Gasteiger partial charge in [-0.05, 0) is 36.9 Å². The Morgan fingerprint density at radius 1 is 1.23 bits per heavy atom. The van der Waals surface area contributed by atoms with E-state index < -0.39 is 5.51 Å². The maximum Gasteiger partial charge on any atom is 0.446 e. The van der Waals surface area contributed by atoms with Crippen LogP contribution in [0.25, 0.3) is 0 Å². The van der Waals surface area contributed by atoms with E-state index in [0.717, 1.165) is 26.2 Å². The molecule has 128 valence electrons. The van der Waals surface area contributed by atoms with Crippen LogP contribution in [0, 0.1) is 0 Å². The lowest BCUT2D eigenvalue weighted by molar-refractivity contribution is -0.0328. The van der Waals surface area contributed by atoms with Gasteiger partial charge in [0.15, 0.2) is 0 Å². The largest absolute Gasteiger partial charge is 0.508 e. The Morgan fingerprint density at radius 2 is 1.82 bits per heavy atom. The van der Waals surface area contributed by atoms with Crippen LogP contribution >= 0.6 is 36.6 Å². The predicted octanol–water partition coefficient (Wildman–Crippen LogP) is 3.81. The van der Waals surface area contributed by atoms with Crippen LogP contribution in [-0.2, 0) is 0 Å². The third-order valence-corrected chi connectivity index (χ3v) is 4.10.